The van der Waals surface area contributed by atoms with Gasteiger partial charge in [0, 0.05) is 36.7 Å². The second-order valence-electron chi connectivity index (χ2n) is 11.5. The third kappa shape index (κ3) is 8.70. The highest BCUT2D eigenvalue weighted by molar-refractivity contribution is 6.01. The highest BCUT2D eigenvalue weighted by Gasteiger charge is 2.34. The summed E-state index contributed by atoms with van der Waals surface area (Å²) < 4.78 is 44.4. The van der Waals surface area contributed by atoms with Gasteiger partial charge in [0.15, 0.2) is 0 Å². The first-order chi connectivity index (χ1) is 21.1. The summed E-state index contributed by atoms with van der Waals surface area (Å²) in [6.07, 6.45) is 0.0948. The van der Waals surface area contributed by atoms with Crippen molar-refractivity contribution in [2.45, 2.75) is 63.1 Å². The van der Waals surface area contributed by atoms with E-state index in [4.69, 9.17) is 10.5 Å². The normalized spacial score (nSPS) is 15.8. The van der Waals surface area contributed by atoms with Crippen molar-refractivity contribution in [2.24, 2.45) is 5.73 Å². The quantitative estimate of drug-likeness (QED) is 0.214. The summed E-state index contributed by atoms with van der Waals surface area (Å²) in [5.41, 5.74) is 7.24. The van der Waals surface area contributed by atoms with Gasteiger partial charge in [-0.25, -0.2) is 0 Å². The van der Waals surface area contributed by atoms with Gasteiger partial charge in [-0.2, -0.15) is 13.2 Å². The fourth-order valence-electron chi connectivity index (χ4n) is 6.11. The molecule has 1 fully saturated rings. The van der Waals surface area contributed by atoms with Crippen LogP contribution in [0.3, 0.4) is 0 Å². The largest absolute Gasteiger partial charge is 0.464 e. The standard InChI is InChI=1S/C35H42F3N3O3/c1-2-34(25-32(42)44-24-20-39,27-9-4-3-5-10-27)19-8-21-41-22-17-29(18-23-41)40-33(43)31-12-7-6-11-30(31)26-13-15-28(16-14-26)35(36,37)38/h3-7,9-16,29H,2,8,17-25,39H2,1H3,(H,40,43). The first-order valence-corrected chi connectivity index (χ1v) is 15.4. The van der Waals surface area contributed by atoms with Crippen LogP contribution in [0.5, 0.6) is 0 Å². The van der Waals surface area contributed by atoms with E-state index in [9.17, 15) is 22.8 Å². The van der Waals surface area contributed by atoms with Crippen LogP contribution < -0.4 is 11.1 Å². The first-order valence-electron chi connectivity index (χ1n) is 15.4. The zero-order chi connectivity index (χ0) is 31.6. The third-order valence-corrected chi connectivity index (χ3v) is 8.67. The second kappa shape index (κ2) is 15.3. The van der Waals surface area contributed by atoms with E-state index >= 15 is 0 Å². The van der Waals surface area contributed by atoms with E-state index in [1.54, 1.807) is 24.3 Å². The summed E-state index contributed by atoms with van der Waals surface area (Å²) in [7, 11) is 0. The maximum Gasteiger partial charge on any atom is 0.416 e. The molecule has 3 aromatic rings. The Labute approximate surface area is 257 Å². The van der Waals surface area contributed by atoms with Crippen LogP contribution in [-0.4, -0.2) is 55.6 Å². The van der Waals surface area contributed by atoms with Crippen LogP contribution in [0, 0.1) is 0 Å². The number of likely N-dealkylation sites (tertiary alicyclic amines) is 1. The number of esters is 1. The van der Waals surface area contributed by atoms with E-state index in [0.717, 1.165) is 69.4 Å². The third-order valence-electron chi connectivity index (χ3n) is 8.67. The van der Waals surface area contributed by atoms with Crippen LogP contribution in [0.15, 0.2) is 78.9 Å². The van der Waals surface area contributed by atoms with Gasteiger partial charge in [-0.1, -0.05) is 67.6 Å². The van der Waals surface area contributed by atoms with Gasteiger partial charge in [0.25, 0.3) is 5.91 Å². The van der Waals surface area contributed by atoms with Crippen molar-refractivity contribution >= 4 is 11.9 Å². The number of nitrogens with one attached hydrogen (secondary N) is 1. The Morgan fingerprint density at radius 1 is 0.932 bits per heavy atom. The van der Waals surface area contributed by atoms with E-state index in [-0.39, 0.29) is 29.9 Å². The van der Waals surface area contributed by atoms with E-state index in [1.807, 2.05) is 18.2 Å². The van der Waals surface area contributed by atoms with Crippen molar-refractivity contribution in [1.82, 2.24) is 10.2 Å². The Hall–Kier alpha value is -3.69. The Bertz CT molecular complexity index is 1360. The molecule has 0 aromatic heterocycles. The molecule has 0 aliphatic carbocycles. The van der Waals surface area contributed by atoms with Crippen molar-refractivity contribution in [3.05, 3.63) is 95.6 Å². The molecule has 3 N–H and O–H groups in total. The number of carbonyl (C=O) groups is 2. The smallest absolute Gasteiger partial charge is 0.416 e. The average Bonchev–Trinajstić information content (AvgIpc) is 3.04. The first kappa shape index (κ1) is 33.2. The van der Waals surface area contributed by atoms with Crippen LogP contribution >= 0.6 is 0 Å². The highest BCUT2D eigenvalue weighted by Crippen LogP contribution is 2.37. The summed E-state index contributed by atoms with van der Waals surface area (Å²) in [6.45, 7) is 5.22. The molecule has 1 saturated heterocycles. The minimum absolute atomic E-state index is 0.00998. The number of piperidine rings is 1. The van der Waals surface area contributed by atoms with Crippen LogP contribution in [0.2, 0.25) is 0 Å². The second-order valence-corrected chi connectivity index (χ2v) is 11.5. The lowest BCUT2D eigenvalue weighted by atomic mass is 9.72. The molecule has 1 atom stereocenters. The molecule has 44 heavy (non-hydrogen) atoms. The number of carbonyl (C=O) groups excluding carboxylic acids is 2. The van der Waals surface area contributed by atoms with Crippen LogP contribution in [0.1, 0.15) is 66.9 Å². The molecule has 1 unspecified atom stereocenters. The molecular weight excluding hydrogens is 567 g/mol. The van der Waals surface area contributed by atoms with Gasteiger partial charge in [0.05, 0.1) is 12.0 Å². The van der Waals surface area contributed by atoms with E-state index in [1.165, 1.54) is 12.1 Å². The number of benzene rings is 3. The molecule has 9 heteroatoms. The van der Waals surface area contributed by atoms with Gasteiger partial charge in [-0.05, 0) is 73.5 Å². The molecule has 0 bridgehead atoms. The SMILES string of the molecule is CCC(CCCN1CCC(NC(=O)c2ccccc2-c2ccc(C(F)(F)F)cc2)CC1)(CC(=O)OCCN)c1ccccc1. The van der Waals surface area contributed by atoms with Crippen LogP contribution in [0.4, 0.5) is 13.2 Å². The summed E-state index contributed by atoms with van der Waals surface area (Å²) in [5.74, 6) is -0.450. The van der Waals surface area contributed by atoms with Crippen molar-refractivity contribution in [1.29, 1.82) is 0 Å². The van der Waals surface area contributed by atoms with Gasteiger partial charge < -0.3 is 20.7 Å². The molecule has 236 valence electrons. The number of hydrogen-bond acceptors (Lipinski definition) is 5. The number of nitrogens with zero attached hydrogens (tertiary/aromatic N) is 1. The molecule has 1 amide bonds. The summed E-state index contributed by atoms with van der Waals surface area (Å²) in [4.78, 5) is 28.3. The van der Waals surface area contributed by atoms with Crippen molar-refractivity contribution < 1.29 is 27.5 Å². The number of amides is 1. The Morgan fingerprint density at radius 3 is 2.23 bits per heavy atom. The minimum Gasteiger partial charge on any atom is -0.464 e. The molecule has 6 nitrogen and oxygen atoms in total. The number of ether oxygens (including phenoxy) is 1. The predicted octanol–water partition coefficient (Wildman–Crippen LogP) is 6.59. The van der Waals surface area contributed by atoms with Crippen molar-refractivity contribution in [2.75, 3.05) is 32.8 Å². The number of nitrogens with two attached hydrogens (primary N) is 1. The zero-order valence-corrected chi connectivity index (χ0v) is 25.2. The summed E-state index contributed by atoms with van der Waals surface area (Å²) in [5, 5.41) is 3.14. The Kier molecular flexibility index (Phi) is 11.6. The molecule has 1 aliphatic heterocycles. The number of hydrogen-bond donors (Lipinski definition) is 2. The van der Waals surface area contributed by atoms with E-state index < -0.39 is 11.7 Å². The maximum atomic E-state index is 13.3. The summed E-state index contributed by atoms with van der Waals surface area (Å²) in [6, 6.07) is 22.1. The Morgan fingerprint density at radius 2 is 1.59 bits per heavy atom. The summed E-state index contributed by atoms with van der Waals surface area (Å²) >= 11 is 0. The molecule has 0 saturated carbocycles. The van der Waals surface area contributed by atoms with Gasteiger partial charge in [0.2, 0.25) is 0 Å². The average molecular weight is 610 g/mol. The van der Waals surface area contributed by atoms with E-state index in [2.05, 4.69) is 29.3 Å². The van der Waals surface area contributed by atoms with Gasteiger partial charge >= 0.3 is 12.1 Å². The minimum atomic E-state index is -4.41. The van der Waals surface area contributed by atoms with Gasteiger partial charge in [-0.3, -0.25) is 9.59 Å². The zero-order valence-electron chi connectivity index (χ0n) is 25.2. The lowest BCUT2D eigenvalue weighted by Gasteiger charge is -2.35. The van der Waals surface area contributed by atoms with E-state index in [0.29, 0.717) is 29.7 Å². The van der Waals surface area contributed by atoms with Crippen LogP contribution in [-0.2, 0) is 21.1 Å². The molecule has 0 spiro atoms. The number of halogens is 3. The topological polar surface area (TPSA) is 84.7 Å². The lowest BCUT2D eigenvalue weighted by Crippen LogP contribution is -2.45. The Balaban J connectivity index is 1.31. The lowest BCUT2D eigenvalue weighted by molar-refractivity contribution is -0.145. The molecular formula is C35H42F3N3O3. The molecule has 1 heterocycles. The van der Waals surface area contributed by atoms with Crippen LogP contribution in [0.25, 0.3) is 11.1 Å². The fraction of sp³-hybridized carbons (Fsp3) is 0.429. The predicted molar refractivity (Wildman–Crippen MR) is 166 cm³/mol. The molecule has 0 radical (unpaired) electrons. The van der Waals surface area contributed by atoms with Gasteiger partial charge in [0.1, 0.15) is 6.61 Å². The maximum absolute atomic E-state index is 13.3. The number of rotatable bonds is 13. The number of alkyl halides is 3. The monoisotopic (exact) mass is 609 g/mol. The molecule has 3 aromatic carbocycles. The fourth-order valence-corrected chi connectivity index (χ4v) is 6.11. The molecule has 4 rings (SSSR count). The highest BCUT2D eigenvalue weighted by atomic mass is 19.4. The molecule has 1 aliphatic rings. The van der Waals surface area contributed by atoms with Crippen molar-refractivity contribution in [3.8, 4) is 11.1 Å². The van der Waals surface area contributed by atoms with Gasteiger partial charge in [-0.15, -0.1) is 0 Å². The van der Waals surface area contributed by atoms with Crippen molar-refractivity contribution in [3.63, 3.8) is 0 Å².